The quantitative estimate of drug-likeness (QED) is 0.556. The molecule has 1 amide bonds. The van der Waals surface area contributed by atoms with E-state index in [0.717, 1.165) is 0 Å². The van der Waals surface area contributed by atoms with Gasteiger partial charge in [-0.2, -0.15) is 0 Å². The molecule has 0 spiro atoms. The fourth-order valence-corrected chi connectivity index (χ4v) is 0.705. The molecular formula is C7H11NO4. The van der Waals surface area contributed by atoms with Gasteiger partial charge in [0, 0.05) is 5.70 Å². The molecule has 5 heteroatoms. The van der Waals surface area contributed by atoms with E-state index in [0.29, 0.717) is 6.42 Å². The molecule has 0 rings (SSSR count). The van der Waals surface area contributed by atoms with Gasteiger partial charge in [-0.05, 0) is 13.3 Å². The number of carboxylic acid groups (broad SMARTS) is 2. The number of rotatable bonds is 3. The molecule has 0 heterocycles. The SMILES string of the molecule is CC/C(NC(=O)O)=C(\C)C(=O)O. The zero-order valence-corrected chi connectivity index (χ0v) is 6.92. The molecule has 0 aromatic carbocycles. The molecule has 0 aromatic heterocycles. The molecule has 3 N–H and O–H groups in total. The van der Waals surface area contributed by atoms with Crippen molar-refractivity contribution in [3.8, 4) is 0 Å². The summed E-state index contributed by atoms with van der Waals surface area (Å²) in [6.45, 7) is 3.04. The molecule has 68 valence electrons. The molecule has 0 saturated carbocycles. The largest absolute Gasteiger partial charge is 0.478 e. The number of carboxylic acids is 1. The van der Waals surface area contributed by atoms with Crippen LogP contribution in [0.5, 0.6) is 0 Å². The van der Waals surface area contributed by atoms with Crippen LogP contribution >= 0.6 is 0 Å². The summed E-state index contributed by atoms with van der Waals surface area (Å²) >= 11 is 0. The highest BCUT2D eigenvalue weighted by Crippen LogP contribution is 2.04. The second-order valence-electron chi connectivity index (χ2n) is 2.19. The van der Waals surface area contributed by atoms with Crippen molar-refractivity contribution in [1.29, 1.82) is 0 Å². The van der Waals surface area contributed by atoms with Gasteiger partial charge in [0.1, 0.15) is 0 Å². The third-order valence-corrected chi connectivity index (χ3v) is 1.38. The Bertz CT molecular complexity index is 232. The van der Waals surface area contributed by atoms with Gasteiger partial charge >= 0.3 is 12.1 Å². The van der Waals surface area contributed by atoms with Crippen LogP contribution in [0, 0.1) is 0 Å². The van der Waals surface area contributed by atoms with Crippen molar-refractivity contribution in [1.82, 2.24) is 5.32 Å². The van der Waals surface area contributed by atoms with Gasteiger partial charge in [-0.3, -0.25) is 5.32 Å². The van der Waals surface area contributed by atoms with Crippen molar-refractivity contribution in [2.75, 3.05) is 0 Å². The van der Waals surface area contributed by atoms with E-state index < -0.39 is 12.1 Å². The van der Waals surface area contributed by atoms with Crippen LogP contribution in [0.15, 0.2) is 11.3 Å². The zero-order chi connectivity index (χ0) is 9.72. The number of carbonyl (C=O) groups is 2. The average molecular weight is 173 g/mol. The van der Waals surface area contributed by atoms with Gasteiger partial charge in [0.05, 0.1) is 5.57 Å². The Balaban J connectivity index is 4.61. The highest BCUT2D eigenvalue weighted by atomic mass is 16.4. The first-order valence-electron chi connectivity index (χ1n) is 3.42. The van der Waals surface area contributed by atoms with E-state index in [1.54, 1.807) is 6.92 Å². The van der Waals surface area contributed by atoms with Gasteiger partial charge in [0.2, 0.25) is 0 Å². The lowest BCUT2D eigenvalue weighted by atomic mass is 10.2. The molecule has 0 fully saturated rings. The van der Waals surface area contributed by atoms with Crippen LogP contribution in [0.2, 0.25) is 0 Å². The highest BCUT2D eigenvalue weighted by molar-refractivity contribution is 5.87. The second-order valence-corrected chi connectivity index (χ2v) is 2.19. The first-order valence-corrected chi connectivity index (χ1v) is 3.42. The summed E-state index contributed by atoms with van der Waals surface area (Å²) in [5.74, 6) is -1.11. The van der Waals surface area contributed by atoms with Crippen LogP contribution in [-0.2, 0) is 4.79 Å². The molecular weight excluding hydrogens is 162 g/mol. The lowest BCUT2D eigenvalue weighted by molar-refractivity contribution is -0.132. The van der Waals surface area contributed by atoms with Gasteiger partial charge < -0.3 is 10.2 Å². The highest BCUT2D eigenvalue weighted by Gasteiger charge is 2.09. The van der Waals surface area contributed by atoms with E-state index in [4.69, 9.17) is 10.2 Å². The maximum atomic E-state index is 10.4. The molecule has 0 aliphatic rings. The van der Waals surface area contributed by atoms with Crippen molar-refractivity contribution < 1.29 is 19.8 Å². The van der Waals surface area contributed by atoms with Crippen LogP contribution in [0.25, 0.3) is 0 Å². The minimum atomic E-state index is -1.24. The third-order valence-electron chi connectivity index (χ3n) is 1.38. The first kappa shape index (κ1) is 10.5. The molecule has 0 aliphatic heterocycles. The summed E-state index contributed by atoms with van der Waals surface area (Å²) in [6.07, 6.45) is -0.891. The van der Waals surface area contributed by atoms with Gasteiger partial charge in [-0.25, -0.2) is 9.59 Å². The number of aliphatic carboxylic acids is 1. The van der Waals surface area contributed by atoms with E-state index in [2.05, 4.69) is 0 Å². The summed E-state index contributed by atoms with van der Waals surface area (Å²) < 4.78 is 0. The molecule has 0 radical (unpaired) electrons. The fraction of sp³-hybridized carbons (Fsp3) is 0.429. The summed E-state index contributed by atoms with van der Waals surface area (Å²) in [6, 6.07) is 0. The maximum absolute atomic E-state index is 10.4. The number of amides is 1. The lowest BCUT2D eigenvalue weighted by Gasteiger charge is -2.05. The minimum Gasteiger partial charge on any atom is -0.478 e. The summed E-state index contributed by atoms with van der Waals surface area (Å²) in [5, 5.41) is 18.8. The van der Waals surface area contributed by atoms with Crippen LogP contribution in [0.4, 0.5) is 4.79 Å². The molecule has 5 nitrogen and oxygen atoms in total. The number of hydrogen-bond acceptors (Lipinski definition) is 2. The Morgan fingerprint density at radius 3 is 2.08 bits per heavy atom. The monoisotopic (exact) mass is 173 g/mol. The predicted octanol–water partition coefficient (Wildman–Crippen LogP) is 1.02. The molecule has 12 heavy (non-hydrogen) atoms. The van der Waals surface area contributed by atoms with Gasteiger partial charge in [0.25, 0.3) is 0 Å². The molecule has 0 aromatic rings. The average Bonchev–Trinajstić information content (AvgIpc) is 1.98. The van der Waals surface area contributed by atoms with Crippen molar-refractivity contribution in [3.63, 3.8) is 0 Å². The second kappa shape index (κ2) is 4.38. The van der Waals surface area contributed by atoms with Crippen LogP contribution in [0.1, 0.15) is 20.3 Å². The Hall–Kier alpha value is -1.52. The zero-order valence-electron chi connectivity index (χ0n) is 6.92. The fourth-order valence-electron chi connectivity index (χ4n) is 0.705. The van der Waals surface area contributed by atoms with Crippen LogP contribution in [0.3, 0.4) is 0 Å². The Morgan fingerprint density at radius 1 is 1.33 bits per heavy atom. The summed E-state index contributed by atoms with van der Waals surface area (Å²) in [5.41, 5.74) is 0.245. The van der Waals surface area contributed by atoms with Gasteiger partial charge in [-0.15, -0.1) is 0 Å². The Labute approximate surface area is 69.7 Å². The van der Waals surface area contributed by atoms with E-state index in [1.165, 1.54) is 6.92 Å². The third kappa shape index (κ3) is 3.05. The van der Waals surface area contributed by atoms with Crippen LogP contribution in [-0.4, -0.2) is 22.3 Å². The van der Waals surface area contributed by atoms with Gasteiger partial charge in [0.15, 0.2) is 0 Å². The molecule has 0 aliphatic carbocycles. The van der Waals surface area contributed by atoms with Crippen molar-refractivity contribution in [2.24, 2.45) is 0 Å². The van der Waals surface area contributed by atoms with E-state index in [9.17, 15) is 9.59 Å². The molecule has 0 unspecified atom stereocenters. The van der Waals surface area contributed by atoms with Crippen LogP contribution < -0.4 is 5.32 Å². The van der Waals surface area contributed by atoms with E-state index >= 15 is 0 Å². The number of allylic oxidation sites excluding steroid dienone is 1. The summed E-state index contributed by atoms with van der Waals surface area (Å²) in [7, 11) is 0. The Morgan fingerprint density at radius 2 is 1.83 bits per heavy atom. The topological polar surface area (TPSA) is 86.6 Å². The molecule has 0 atom stereocenters. The van der Waals surface area contributed by atoms with Crippen molar-refractivity contribution >= 4 is 12.1 Å². The first-order chi connectivity index (χ1) is 5.49. The lowest BCUT2D eigenvalue weighted by Crippen LogP contribution is -2.22. The molecule has 0 saturated heterocycles. The standard InChI is InChI=1S/C7H11NO4/c1-3-5(8-7(11)12)4(2)6(9)10/h8H,3H2,1-2H3,(H,9,10)(H,11,12)/b5-4-. The Kier molecular flexibility index (Phi) is 3.82. The smallest absolute Gasteiger partial charge is 0.408 e. The maximum Gasteiger partial charge on any atom is 0.408 e. The minimum absolute atomic E-state index is 0.0277. The van der Waals surface area contributed by atoms with Crippen molar-refractivity contribution in [3.05, 3.63) is 11.3 Å². The predicted molar refractivity (Wildman–Crippen MR) is 41.8 cm³/mol. The number of hydrogen-bond donors (Lipinski definition) is 3. The normalized spacial score (nSPS) is 11.8. The van der Waals surface area contributed by atoms with E-state index in [-0.39, 0.29) is 11.3 Å². The molecule has 0 bridgehead atoms. The number of nitrogens with one attached hydrogen (secondary N) is 1. The van der Waals surface area contributed by atoms with Gasteiger partial charge in [-0.1, -0.05) is 6.92 Å². The van der Waals surface area contributed by atoms with E-state index in [1.807, 2.05) is 5.32 Å². The van der Waals surface area contributed by atoms with Crippen molar-refractivity contribution in [2.45, 2.75) is 20.3 Å². The summed E-state index contributed by atoms with van der Waals surface area (Å²) in [4.78, 5) is 20.5.